The van der Waals surface area contributed by atoms with Gasteiger partial charge in [0.15, 0.2) is 0 Å². The number of methoxy groups -OCH3 is 2. The molecule has 0 fully saturated rings. The Bertz CT molecular complexity index is 900. The molecule has 1 heterocycles. The number of rotatable bonds is 6. The Morgan fingerprint density at radius 1 is 0.893 bits per heavy atom. The lowest BCUT2D eigenvalue weighted by Gasteiger charge is -2.16. The number of hydrogen-bond donors (Lipinski definition) is 0. The van der Waals surface area contributed by atoms with Gasteiger partial charge in [0.2, 0.25) is 0 Å². The van der Waals surface area contributed by atoms with Gasteiger partial charge in [-0.3, -0.25) is 9.78 Å². The molecule has 3 aromatic rings. The van der Waals surface area contributed by atoms with Crippen LogP contribution in [-0.2, 0) is 4.79 Å². The van der Waals surface area contributed by atoms with Crippen molar-refractivity contribution in [1.29, 1.82) is 0 Å². The average molecular weight is 374 g/mol. The highest BCUT2D eigenvalue weighted by Crippen LogP contribution is 2.27. The topological polar surface area (TPSA) is 51.7 Å². The first-order chi connectivity index (χ1) is 13.6. The Balaban J connectivity index is 2.01. The van der Waals surface area contributed by atoms with Gasteiger partial charge in [0.1, 0.15) is 11.5 Å². The van der Waals surface area contributed by atoms with Gasteiger partial charge in [-0.25, -0.2) is 0 Å². The van der Waals surface area contributed by atoms with E-state index in [0.29, 0.717) is 0 Å². The van der Waals surface area contributed by atoms with Crippen molar-refractivity contribution in [1.82, 2.24) is 4.98 Å². The van der Waals surface area contributed by atoms with Crippen LogP contribution in [-0.4, -0.2) is 32.2 Å². The standard InChI is InChI=1S/C23H22N2O3/c1-25(19-5-4-14-24-16-19)23(26)15-22(17-6-10-20(27-2)11-7-17)18-8-12-21(28-3)13-9-18/h4-16H,1-3H3. The molecule has 0 aliphatic carbocycles. The summed E-state index contributed by atoms with van der Waals surface area (Å²) in [6, 6.07) is 18.9. The van der Waals surface area contributed by atoms with Crippen molar-refractivity contribution in [3.8, 4) is 11.5 Å². The van der Waals surface area contributed by atoms with Gasteiger partial charge in [-0.1, -0.05) is 24.3 Å². The van der Waals surface area contributed by atoms with E-state index in [-0.39, 0.29) is 5.91 Å². The summed E-state index contributed by atoms with van der Waals surface area (Å²) in [5.41, 5.74) is 3.37. The number of anilines is 1. The van der Waals surface area contributed by atoms with Crippen molar-refractivity contribution in [3.63, 3.8) is 0 Å². The van der Waals surface area contributed by atoms with E-state index >= 15 is 0 Å². The van der Waals surface area contributed by atoms with E-state index in [1.165, 1.54) is 0 Å². The molecule has 28 heavy (non-hydrogen) atoms. The molecule has 0 bridgehead atoms. The third kappa shape index (κ3) is 4.38. The van der Waals surface area contributed by atoms with Gasteiger partial charge in [-0.2, -0.15) is 0 Å². The van der Waals surface area contributed by atoms with Crippen LogP contribution >= 0.6 is 0 Å². The minimum atomic E-state index is -0.144. The van der Waals surface area contributed by atoms with Gasteiger partial charge in [-0.15, -0.1) is 0 Å². The van der Waals surface area contributed by atoms with Crippen molar-refractivity contribution in [2.75, 3.05) is 26.2 Å². The molecule has 2 aromatic carbocycles. The summed E-state index contributed by atoms with van der Waals surface area (Å²) < 4.78 is 10.5. The Morgan fingerprint density at radius 2 is 1.43 bits per heavy atom. The molecule has 0 saturated heterocycles. The highest BCUT2D eigenvalue weighted by molar-refractivity contribution is 6.07. The van der Waals surface area contributed by atoms with Crippen LogP contribution in [0.2, 0.25) is 0 Å². The van der Waals surface area contributed by atoms with Gasteiger partial charge in [0.05, 0.1) is 26.1 Å². The van der Waals surface area contributed by atoms with E-state index in [0.717, 1.165) is 33.9 Å². The number of benzene rings is 2. The molecule has 5 heteroatoms. The molecule has 0 atom stereocenters. The molecule has 3 rings (SSSR count). The maximum absolute atomic E-state index is 12.9. The zero-order valence-electron chi connectivity index (χ0n) is 16.1. The van der Waals surface area contributed by atoms with Crippen molar-refractivity contribution >= 4 is 17.2 Å². The molecule has 0 saturated carbocycles. The normalized spacial score (nSPS) is 10.1. The van der Waals surface area contributed by atoms with Crippen LogP contribution in [0.5, 0.6) is 11.5 Å². The highest BCUT2D eigenvalue weighted by atomic mass is 16.5. The van der Waals surface area contributed by atoms with E-state index in [2.05, 4.69) is 4.98 Å². The molecule has 0 aliphatic heterocycles. The van der Waals surface area contributed by atoms with E-state index in [1.54, 1.807) is 50.7 Å². The summed E-state index contributed by atoms with van der Waals surface area (Å²) in [5.74, 6) is 1.38. The molecule has 5 nitrogen and oxygen atoms in total. The first-order valence-electron chi connectivity index (χ1n) is 8.80. The van der Waals surface area contributed by atoms with E-state index in [9.17, 15) is 4.79 Å². The van der Waals surface area contributed by atoms with Gasteiger partial charge in [0.25, 0.3) is 5.91 Å². The fraction of sp³-hybridized carbons (Fsp3) is 0.130. The summed E-state index contributed by atoms with van der Waals surface area (Å²) in [7, 11) is 4.98. The lowest BCUT2D eigenvalue weighted by molar-refractivity contribution is -0.113. The fourth-order valence-electron chi connectivity index (χ4n) is 2.77. The second kappa shape index (κ2) is 8.86. The summed E-state index contributed by atoms with van der Waals surface area (Å²) >= 11 is 0. The summed E-state index contributed by atoms with van der Waals surface area (Å²) in [6.45, 7) is 0. The van der Waals surface area contributed by atoms with Crippen molar-refractivity contribution in [3.05, 3.63) is 90.3 Å². The molecule has 1 amide bonds. The van der Waals surface area contributed by atoms with Crippen LogP contribution in [0.15, 0.2) is 79.1 Å². The van der Waals surface area contributed by atoms with Crippen LogP contribution in [0, 0.1) is 0 Å². The maximum Gasteiger partial charge on any atom is 0.251 e. The van der Waals surface area contributed by atoms with Gasteiger partial charge in [0, 0.05) is 19.3 Å². The number of hydrogen-bond acceptors (Lipinski definition) is 4. The molecule has 0 N–H and O–H groups in total. The van der Waals surface area contributed by atoms with Crippen LogP contribution in [0.3, 0.4) is 0 Å². The summed E-state index contributed by atoms with van der Waals surface area (Å²) in [5, 5.41) is 0. The molecular formula is C23H22N2O3. The number of ether oxygens (including phenoxy) is 2. The summed E-state index contributed by atoms with van der Waals surface area (Å²) in [6.07, 6.45) is 4.97. The van der Waals surface area contributed by atoms with E-state index < -0.39 is 0 Å². The third-order valence-corrected chi connectivity index (χ3v) is 4.43. The van der Waals surface area contributed by atoms with Crippen molar-refractivity contribution in [2.24, 2.45) is 0 Å². The quantitative estimate of drug-likeness (QED) is 0.607. The minimum Gasteiger partial charge on any atom is -0.497 e. The second-order valence-corrected chi connectivity index (χ2v) is 6.12. The van der Waals surface area contributed by atoms with Crippen LogP contribution in [0.4, 0.5) is 5.69 Å². The first kappa shape index (κ1) is 19.2. The number of carbonyl (C=O) groups excluding carboxylic acids is 1. The molecule has 0 radical (unpaired) electrons. The zero-order valence-corrected chi connectivity index (χ0v) is 16.1. The fourth-order valence-corrected chi connectivity index (χ4v) is 2.77. The number of nitrogens with zero attached hydrogens (tertiary/aromatic N) is 2. The van der Waals surface area contributed by atoms with Crippen molar-refractivity contribution in [2.45, 2.75) is 0 Å². The predicted molar refractivity (Wildman–Crippen MR) is 111 cm³/mol. The van der Waals surface area contributed by atoms with Crippen LogP contribution in [0.1, 0.15) is 11.1 Å². The highest BCUT2D eigenvalue weighted by Gasteiger charge is 2.13. The Morgan fingerprint density at radius 3 is 1.86 bits per heavy atom. The SMILES string of the molecule is COc1ccc(C(=CC(=O)N(C)c2cccnc2)c2ccc(OC)cc2)cc1. The van der Waals surface area contributed by atoms with Gasteiger partial charge in [-0.05, 0) is 53.1 Å². The van der Waals surface area contributed by atoms with E-state index in [1.807, 2.05) is 54.6 Å². The Kier molecular flexibility index (Phi) is 6.07. The number of likely N-dealkylation sites (N-methyl/N-ethyl adjacent to an activating group) is 1. The molecular weight excluding hydrogens is 352 g/mol. The number of amides is 1. The molecule has 1 aromatic heterocycles. The van der Waals surface area contributed by atoms with Gasteiger partial charge >= 0.3 is 0 Å². The van der Waals surface area contributed by atoms with Crippen molar-refractivity contribution < 1.29 is 14.3 Å². The monoisotopic (exact) mass is 374 g/mol. The number of pyridine rings is 1. The average Bonchev–Trinajstić information content (AvgIpc) is 2.77. The number of carbonyl (C=O) groups is 1. The number of aromatic nitrogens is 1. The minimum absolute atomic E-state index is 0.144. The smallest absolute Gasteiger partial charge is 0.251 e. The summed E-state index contributed by atoms with van der Waals surface area (Å²) in [4.78, 5) is 18.6. The lowest BCUT2D eigenvalue weighted by Crippen LogP contribution is -2.24. The van der Waals surface area contributed by atoms with Gasteiger partial charge < -0.3 is 14.4 Å². The molecule has 0 unspecified atom stereocenters. The predicted octanol–water partition coefficient (Wildman–Crippen LogP) is 4.19. The largest absolute Gasteiger partial charge is 0.497 e. The van der Waals surface area contributed by atoms with Crippen LogP contribution in [0.25, 0.3) is 5.57 Å². The molecule has 0 aliphatic rings. The van der Waals surface area contributed by atoms with Crippen LogP contribution < -0.4 is 14.4 Å². The second-order valence-electron chi connectivity index (χ2n) is 6.12. The zero-order chi connectivity index (χ0) is 19.9. The van der Waals surface area contributed by atoms with E-state index in [4.69, 9.17) is 9.47 Å². The molecule has 142 valence electrons. The maximum atomic E-state index is 12.9. The molecule has 0 spiro atoms. The Hall–Kier alpha value is -3.60. The lowest BCUT2D eigenvalue weighted by atomic mass is 9.97. The Labute approximate surface area is 164 Å². The first-order valence-corrected chi connectivity index (χ1v) is 8.80. The third-order valence-electron chi connectivity index (χ3n) is 4.43.